The summed E-state index contributed by atoms with van der Waals surface area (Å²) in [6.07, 6.45) is 0. The minimum atomic E-state index is 0.543. The summed E-state index contributed by atoms with van der Waals surface area (Å²) in [4.78, 5) is 30.8. The lowest BCUT2D eigenvalue weighted by Crippen LogP contribution is -2.03. The minimum Gasteiger partial charge on any atom is -0.208 e. The largest absolute Gasteiger partial charge is 0.208 e. The van der Waals surface area contributed by atoms with Crippen molar-refractivity contribution in [3.63, 3.8) is 0 Å². The van der Waals surface area contributed by atoms with Crippen molar-refractivity contribution < 1.29 is 0 Å². The maximum absolute atomic E-state index is 5.26. The van der Waals surface area contributed by atoms with Crippen LogP contribution >= 0.6 is 11.3 Å². The Morgan fingerprint density at radius 1 is 0.246 bits per heavy atom. The van der Waals surface area contributed by atoms with Crippen LogP contribution in [0, 0.1) is 0 Å². The zero-order valence-corrected chi connectivity index (χ0v) is 33.5. The van der Waals surface area contributed by atoms with E-state index in [0.29, 0.717) is 34.9 Å². The van der Waals surface area contributed by atoms with E-state index in [9.17, 15) is 0 Å². The molecule has 0 saturated heterocycles. The monoisotopic (exact) mass is 798 g/mol. The predicted octanol–water partition coefficient (Wildman–Crippen LogP) is 13.8. The molecule has 11 aromatic rings. The van der Waals surface area contributed by atoms with E-state index in [-0.39, 0.29) is 0 Å². The van der Waals surface area contributed by atoms with Crippen LogP contribution in [-0.4, -0.2) is 29.9 Å². The second kappa shape index (κ2) is 15.6. The highest BCUT2D eigenvalue weighted by atomic mass is 32.1. The fourth-order valence-corrected chi connectivity index (χ4v) is 9.02. The van der Waals surface area contributed by atoms with Crippen molar-refractivity contribution in [3.05, 3.63) is 206 Å². The molecular formula is C54H34N6S. The standard InChI is InChI=1S/C54H34N6S/c1-6-18-35(19-7-1)44-33-41(34-45-43-28-16-17-29-47(43)61-48(44)45)42-31-30-40(53-57-49(36-20-8-2-9-21-36)55-50(58-53)37-22-10-3-11-23-37)32-46(42)54-59-51(38-24-12-4-13-25-38)56-52(60-54)39-26-14-5-15-27-39/h1-34H. The summed E-state index contributed by atoms with van der Waals surface area (Å²) in [5.41, 5.74) is 9.60. The van der Waals surface area contributed by atoms with Gasteiger partial charge in [0, 0.05) is 59.1 Å². The molecule has 0 spiro atoms. The summed E-state index contributed by atoms with van der Waals surface area (Å²) in [6, 6.07) is 70.6. The number of rotatable bonds is 8. The maximum Gasteiger partial charge on any atom is 0.164 e. The van der Waals surface area contributed by atoms with Crippen LogP contribution in [0.15, 0.2) is 206 Å². The summed E-state index contributed by atoms with van der Waals surface area (Å²) < 4.78 is 2.50. The highest BCUT2D eigenvalue weighted by Gasteiger charge is 2.21. The molecular weight excluding hydrogens is 765 g/mol. The van der Waals surface area contributed by atoms with E-state index in [1.165, 1.54) is 25.7 Å². The zero-order valence-electron chi connectivity index (χ0n) is 32.7. The van der Waals surface area contributed by atoms with Gasteiger partial charge in [0.25, 0.3) is 0 Å². The Hall–Kier alpha value is -8.00. The fraction of sp³-hybridized carbons (Fsp3) is 0. The van der Waals surface area contributed by atoms with E-state index < -0.39 is 0 Å². The molecule has 7 heteroatoms. The molecule has 0 radical (unpaired) electrons. The first-order valence-electron chi connectivity index (χ1n) is 20.1. The smallest absolute Gasteiger partial charge is 0.164 e. The minimum absolute atomic E-state index is 0.543. The number of hydrogen-bond acceptors (Lipinski definition) is 7. The maximum atomic E-state index is 5.26. The fourth-order valence-electron chi connectivity index (χ4n) is 7.80. The second-order valence-corrected chi connectivity index (χ2v) is 15.8. The molecule has 0 aliphatic carbocycles. The van der Waals surface area contributed by atoms with Crippen LogP contribution in [0.5, 0.6) is 0 Å². The molecule has 0 atom stereocenters. The zero-order chi connectivity index (χ0) is 40.5. The Labute approximate surface area is 356 Å². The normalized spacial score (nSPS) is 11.3. The summed E-state index contributed by atoms with van der Waals surface area (Å²) in [6.45, 7) is 0. The van der Waals surface area contributed by atoms with Gasteiger partial charge in [-0.25, -0.2) is 29.9 Å². The van der Waals surface area contributed by atoms with Crippen LogP contribution in [0.2, 0.25) is 0 Å². The van der Waals surface area contributed by atoms with Crippen LogP contribution in [0.4, 0.5) is 0 Å². The topological polar surface area (TPSA) is 77.3 Å². The Bertz CT molecular complexity index is 3220. The summed E-state index contributed by atoms with van der Waals surface area (Å²) in [7, 11) is 0. The molecule has 3 aromatic heterocycles. The molecule has 0 fully saturated rings. The average Bonchev–Trinajstić information content (AvgIpc) is 3.73. The molecule has 0 N–H and O–H groups in total. The van der Waals surface area contributed by atoms with Gasteiger partial charge in [-0.15, -0.1) is 11.3 Å². The lowest BCUT2D eigenvalue weighted by molar-refractivity contribution is 1.07. The van der Waals surface area contributed by atoms with Gasteiger partial charge in [0.05, 0.1) is 0 Å². The van der Waals surface area contributed by atoms with Crippen LogP contribution in [-0.2, 0) is 0 Å². The molecule has 61 heavy (non-hydrogen) atoms. The highest BCUT2D eigenvalue weighted by molar-refractivity contribution is 7.26. The Kier molecular flexibility index (Phi) is 9.26. The number of nitrogens with zero attached hydrogens (tertiary/aromatic N) is 6. The molecule has 11 rings (SSSR count). The molecule has 0 amide bonds. The average molecular weight is 799 g/mol. The number of aromatic nitrogens is 6. The number of hydrogen-bond donors (Lipinski definition) is 0. The molecule has 0 bridgehead atoms. The molecule has 0 unspecified atom stereocenters. The molecule has 0 aliphatic rings. The van der Waals surface area contributed by atoms with Crippen LogP contribution in [0.25, 0.3) is 111 Å². The molecule has 8 aromatic carbocycles. The third kappa shape index (κ3) is 7.03. The van der Waals surface area contributed by atoms with Crippen molar-refractivity contribution in [2.75, 3.05) is 0 Å². The van der Waals surface area contributed by atoms with E-state index >= 15 is 0 Å². The third-order valence-electron chi connectivity index (χ3n) is 10.8. The Balaban J connectivity index is 1.20. The van der Waals surface area contributed by atoms with E-state index in [1.807, 2.05) is 133 Å². The summed E-state index contributed by atoms with van der Waals surface area (Å²) >= 11 is 1.83. The first kappa shape index (κ1) is 36.1. The summed E-state index contributed by atoms with van der Waals surface area (Å²) in [5, 5.41) is 2.43. The highest BCUT2D eigenvalue weighted by Crippen LogP contribution is 2.45. The van der Waals surface area contributed by atoms with Gasteiger partial charge in [0.15, 0.2) is 34.9 Å². The predicted molar refractivity (Wildman–Crippen MR) is 250 cm³/mol. The van der Waals surface area contributed by atoms with E-state index in [4.69, 9.17) is 29.9 Å². The van der Waals surface area contributed by atoms with Crippen molar-refractivity contribution in [3.8, 4) is 90.6 Å². The lowest BCUT2D eigenvalue weighted by Gasteiger charge is -2.16. The number of benzene rings is 8. The van der Waals surface area contributed by atoms with Crippen molar-refractivity contribution in [2.24, 2.45) is 0 Å². The third-order valence-corrected chi connectivity index (χ3v) is 12.0. The van der Waals surface area contributed by atoms with Gasteiger partial charge in [-0.05, 0) is 41.0 Å². The van der Waals surface area contributed by atoms with Gasteiger partial charge in [-0.2, -0.15) is 0 Å². The first-order chi connectivity index (χ1) is 30.2. The number of fused-ring (bicyclic) bond motifs is 3. The van der Waals surface area contributed by atoms with Crippen LogP contribution in [0.1, 0.15) is 0 Å². The van der Waals surface area contributed by atoms with Crippen molar-refractivity contribution in [1.82, 2.24) is 29.9 Å². The Morgan fingerprint density at radius 2 is 0.639 bits per heavy atom. The van der Waals surface area contributed by atoms with Crippen LogP contribution < -0.4 is 0 Å². The summed E-state index contributed by atoms with van der Waals surface area (Å²) in [5.74, 6) is 3.45. The van der Waals surface area contributed by atoms with Crippen molar-refractivity contribution >= 4 is 31.5 Å². The van der Waals surface area contributed by atoms with Gasteiger partial charge in [0.2, 0.25) is 0 Å². The molecule has 6 nitrogen and oxygen atoms in total. The van der Waals surface area contributed by atoms with E-state index in [1.54, 1.807) is 0 Å². The second-order valence-electron chi connectivity index (χ2n) is 14.7. The lowest BCUT2D eigenvalue weighted by atomic mass is 9.92. The molecule has 3 heterocycles. The first-order valence-corrected chi connectivity index (χ1v) is 20.9. The van der Waals surface area contributed by atoms with Gasteiger partial charge in [-0.1, -0.05) is 182 Å². The van der Waals surface area contributed by atoms with E-state index in [2.05, 4.69) is 84.9 Å². The molecule has 0 aliphatic heterocycles. The van der Waals surface area contributed by atoms with Gasteiger partial charge in [0.1, 0.15) is 0 Å². The van der Waals surface area contributed by atoms with Crippen molar-refractivity contribution in [1.29, 1.82) is 0 Å². The molecule has 286 valence electrons. The van der Waals surface area contributed by atoms with E-state index in [0.717, 1.165) is 50.1 Å². The quantitative estimate of drug-likeness (QED) is 0.152. The number of thiophene rings is 1. The van der Waals surface area contributed by atoms with Gasteiger partial charge >= 0.3 is 0 Å². The SMILES string of the molecule is c1ccc(-c2nc(-c3ccccc3)nc(-c3ccc(-c4cc(-c5ccccc5)c5sc6ccccc6c5c4)c(-c4nc(-c5ccccc5)nc(-c5ccccc5)n4)c3)n2)cc1. The van der Waals surface area contributed by atoms with Gasteiger partial charge < -0.3 is 0 Å². The van der Waals surface area contributed by atoms with Crippen molar-refractivity contribution in [2.45, 2.75) is 0 Å². The Morgan fingerprint density at radius 3 is 1.13 bits per heavy atom. The molecule has 0 saturated carbocycles. The van der Waals surface area contributed by atoms with Gasteiger partial charge in [-0.3, -0.25) is 0 Å². The van der Waals surface area contributed by atoms with Crippen LogP contribution in [0.3, 0.4) is 0 Å².